The van der Waals surface area contributed by atoms with Crippen molar-refractivity contribution in [2.75, 3.05) is 24.5 Å². The number of hydrogen-bond donors (Lipinski definition) is 2. The minimum atomic E-state index is -0.115. The van der Waals surface area contributed by atoms with E-state index in [4.69, 9.17) is 0 Å². The van der Waals surface area contributed by atoms with Gasteiger partial charge in [0.25, 0.3) is 0 Å². The highest BCUT2D eigenvalue weighted by Gasteiger charge is 2.22. The summed E-state index contributed by atoms with van der Waals surface area (Å²) in [4.78, 5) is 28.4. The standard InChI is InChI=1S/C24H30N4O2/c29-23-7-4-14-28(23)22-10-8-19(9-11-22)17-25-24(30)26-21-12-15-27(16-13-21)18-20-5-2-1-3-6-20/h1-3,5-6,8-11,21H,4,7,12-18H2,(H2,25,26,30). The summed E-state index contributed by atoms with van der Waals surface area (Å²) in [5, 5.41) is 6.06. The third kappa shape index (κ3) is 5.39. The van der Waals surface area contributed by atoms with Gasteiger partial charge in [0, 0.05) is 50.9 Å². The molecule has 2 heterocycles. The van der Waals surface area contributed by atoms with Crippen molar-refractivity contribution in [3.05, 3.63) is 65.7 Å². The molecular weight excluding hydrogens is 376 g/mol. The summed E-state index contributed by atoms with van der Waals surface area (Å²) in [6, 6.07) is 18.5. The van der Waals surface area contributed by atoms with E-state index >= 15 is 0 Å². The van der Waals surface area contributed by atoms with E-state index < -0.39 is 0 Å². The Morgan fingerprint density at radius 2 is 1.67 bits per heavy atom. The number of carbonyl (C=O) groups is 2. The van der Waals surface area contributed by atoms with Crippen LogP contribution in [0.2, 0.25) is 0 Å². The van der Waals surface area contributed by atoms with Crippen molar-refractivity contribution in [3.8, 4) is 0 Å². The molecule has 2 aliphatic heterocycles. The van der Waals surface area contributed by atoms with Crippen molar-refractivity contribution in [3.63, 3.8) is 0 Å². The Labute approximate surface area is 178 Å². The van der Waals surface area contributed by atoms with E-state index in [2.05, 4.69) is 39.8 Å². The first-order chi connectivity index (χ1) is 14.7. The zero-order valence-electron chi connectivity index (χ0n) is 17.3. The molecule has 2 saturated heterocycles. The van der Waals surface area contributed by atoms with Crippen molar-refractivity contribution in [2.45, 2.75) is 44.8 Å². The van der Waals surface area contributed by atoms with E-state index in [9.17, 15) is 9.59 Å². The molecular formula is C24H30N4O2. The second-order valence-electron chi connectivity index (χ2n) is 8.18. The second-order valence-corrected chi connectivity index (χ2v) is 8.18. The summed E-state index contributed by atoms with van der Waals surface area (Å²) >= 11 is 0. The van der Waals surface area contributed by atoms with Crippen LogP contribution in [0.1, 0.15) is 36.8 Å². The van der Waals surface area contributed by atoms with Crippen molar-refractivity contribution >= 4 is 17.6 Å². The Hall–Kier alpha value is -2.86. The van der Waals surface area contributed by atoms with E-state index in [1.807, 2.05) is 35.2 Å². The van der Waals surface area contributed by atoms with E-state index in [-0.39, 0.29) is 18.0 Å². The maximum Gasteiger partial charge on any atom is 0.315 e. The molecule has 6 heteroatoms. The molecule has 4 rings (SSSR count). The molecule has 3 amide bonds. The molecule has 2 N–H and O–H groups in total. The highest BCUT2D eigenvalue weighted by molar-refractivity contribution is 5.95. The molecule has 0 bridgehead atoms. The molecule has 0 atom stereocenters. The fourth-order valence-corrected chi connectivity index (χ4v) is 4.21. The average Bonchev–Trinajstić information content (AvgIpc) is 3.21. The SMILES string of the molecule is O=C(NCc1ccc(N2CCCC2=O)cc1)NC1CCN(Cc2ccccc2)CC1. The normalized spacial score (nSPS) is 17.9. The molecule has 0 aromatic heterocycles. The number of nitrogens with one attached hydrogen (secondary N) is 2. The van der Waals surface area contributed by atoms with Crippen LogP contribution in [0.3, 0.4) is 0 Å². The number of piperidine rings is 1. The number of hydrogen-bond acceptors (Lipinski definition) is 3. The molecule has 0 saturated carbocycles. The van der Waals surface area contributed by atoms with E-state index in [1.54, 1.807) is 0 Å². The summed E-state index contributed by atoms with van der Waals surface area (Å²) in [6.07, 6.45) is 3.50. The second kappa shape index (κ2) is 9.76. The average molecular weight is 407 g/mol. The molecule has 30 heavy (non-hydrogen) atoms. The van der Waals surface area contributed by atoms with Gasteiger partial charge in [-0.2, -0.15) is 0 Å². The molecule has 2 fully saturated rings. The van der Waals surface area contributed by atoms with Gasteiger partial charge in [-0.05, 0) is 42.5 Å². The van der Waals surface area contributed by atoms with Crippen LogP contribution < -0.4 is 15.5 Å². The third-order valence-corrected chi connectivity index (χ3v) is 5.95. The van der Waals surface area contributed by atoms with Crippen LogP contribution in [-0.4, -0.2) is 42.5 Å². The molecule has 0 aliphatic carbocycles. The molecule has 6 nitrogen and oxygen atoms in total. The lowest BCUT2D eigenvalue weighted by Crippen LogP contribution is -2.47. The molecule has 158 valence electrons. The van der Waals surface area contributed by atoms with Crippen LogP contribution in [-0.2, 0) is 17.9 Å². The van der Waals surface area contributed by atoms with Crippen LogP contribution in [0.25, 0.3) is 0 Å². The van der Waals surface area contributed by atoms with Gasteiger partial charge in [-0.1, -0.05) is 42.5 Å². The molecule has 2 aromatic carbocycles. The van der Waals surface area contributed by atoms with E-state index in [1.165, 1.54) is 5.56 Å². The maximum atomic E-state index is 12.3. The number of likely N-dealkylation sites (tertiary alicyclic amines) is 1. The fraction of sp³-hybridized carbons (Fsp3) is 0.417. The number of carbonyl (C=O) groups excluding carboxylic acids is 2. The van der Waals surface area contributed by atoms with E-state index in [0.29, 0.717) is 13.0 Å². The summed E-state index contributed by atoms with van der Waals surface area (Å²) in [6.45, 7) is 4.24. The Bertz CT molecular complexity index is 845. The topological polar surface area (TPSA) is 64.7 Å². The monoisotopic (exact) mass is 406 g/mol. The Balaban J connectivity index is 1.17. The zero-order chi connectivity index (χ0) is 20.8. The number of nitrogens with zero attached hydrogens (tertiary/aromatic N) is 2. The van der Waals surface area contributed by atoms with Crippen molar-refractivity contribution in [1.82, 2.24) is 15.5 Å². The fourth-order valence-electron chi connectivity index (χ4n) is 4.21. The Morgan fingerprint density at radius 3 is 2.33 bits per heavy atom. The summed E-state index contributed by atoms with van der Waals surface area (Å²) in [5.74, 6) is 0.190. The first kappa shape index (κ1) is 20.4. The third-order valence-electron chi connectivity index (χ3n) is 5.95. The predicted octanol–water partition coefficient (Wildman–Crippen LogP) is 3.28. The summed E-state index contributed by atoms with van der Waals surface area (Å²) in [5.41, 5.74) is 3.30. The minimum Gasteiger partial charge on any atom is -0.335 e. The summed E-state index contributed by atoms with van der Waals surface area (Å²) < 4.78 is 0. The molecule has 0 unspecified atom stereocenters. The van der Waals surface area contributed by atoms with Crippen LogP contribution >= 0.6 is 0 Å². The number of rotatable bonds is 6. The van der Waals surface area contributed by atoms with Crippen molar-refractivity contribution < 1.29 is 9.59 Å². The minimum absolute atomic E-state index is 0.115. The smallest absolute Gasteiger partial charge is 0.315 e. The van der Waals surface area contributed by atoms with Gasteiger partial charge >= 0.3 is 6.03 Å². The lowest BCUT2D eigenvalue weighted by atomic mass is 10.0. The first-order valence-corrected chi connectivity index (χ1v) is 10.9. The van der Waals surface area contributed by atoms with Crippen molar-refractivity contribution in [1.29, 1.82) is 0 Å². The lowest BCUT2D eigenvalue weighted by molar-refractivity contribution is -0.117. The van der Waals surface area contributed by atoms with Crippen LogP contribution in [0.5, 0.6) is 0 Å². The van der Waals surface area contributed by atoms with E-state index in [0.717, 1.165) is 56.7 Å². The van der Waals surface area contributed by atoms with Gasteiger partial charge in [-0.3, -0.25) is 9.69 Å². The first-order valence-electron chi connectivity index (χ1n) is 10.9. The summed E-state index contributed by atoms with van der Waals surface area (Å²) in [7, 11) is 0. The van der Waals surface area contributed by atoms with Gasteiger partial charge in [-0.15, -0.1) is 0 Å². The van der Waals surface area contributed by atoms with Gasteiger partial charge in [0.1, 0.15) is 0 Å². The highest BCUT2D eigenvalue weighted by atomic mass is 16.2. The molecule has 0 radical (unpaired) electrons. The van der Waals surface area contributed by atoms with Crippen LogP contribution in [0.4, 0.5) is 10.5 Å². The number of anilines is 1. The highest BCUT2D eigenvalue weighted by Crippen LogP contribution is 2.21. The number of benzene rings is 2. The van der Waals surface area contributed by atoms with Crippen molar-refractivity contribution in [2.24, 2.45) is 0 Å². The molecule has 2 aliphatic rings. The zero-order valence-corrected chi connectivity index (χ0v) is 17.3. The Morgan fingerprint density at radius 1 is 0.933 bits per heavy atom. The van der Waals surface area contributed by atoms with Crippen LogP contribution in [0.15, 0.2) is 54.6 Å². The molecule has 2 aromatic rings. The van der Waals surface area contributed by atoms with Gasteiger partial charge < -0.3 is 15.5 Å². The predicted molar refractivity (Wildman–Crippen MR) is 118 cm³/mol. The molecule has 0 spiro atoms. The Kier molecular flexibility index (Phi) is 6.64. The number of amides is 3. The van der Waals surface area contributed by atoms with Gasteiger partial charge in [0.15, 0.2) is 0 Å². The quantitative estimate of drug-likeness (QED) is 0.774. The van der Waals surface area contributed by atoms with Gasteiger partial charge in [0.05, 0.1) is 0 Å². The largest absolute Gasteiger partial charge is 0.335 e. The van der Waals surface area contributed by atoms with Gasteiger partial charge in [0.2, 0.25) is 5.91 Å². The lowest BCUT2D eigenvalue weighted by Gasteiger charge is -2.32. The van der Waals surface area contributed by atoms with Gasteiger partial charge in [-0.25, -0.2) is 4.79 Å². The number of urea groups is 1. The maximum absolute atomic E-state index is 12.3. The van der Waals surface area contributed by atoms with Crippen LogP contribution in [0, 0.1) is 0 Å².